The van der Waals surface area contributed by atoms with Gasteiger partial charge in [0.25, 0.3) is 10.2 Å². The third-order valence-corrected chi connectivity index (χ3v) is 5.88. The van der Waals surface area contributed by atoms with Crippen LogP contribution in [0.4, 0.5) is 0 Å². The molecule has 0 aromatic heterocycles. The number of aliphatic carboxylic acids is 1. The Hall–Kier alpha value is -0.660. The van der Waals surface area contributed by atoms with Gasteiger partial charge in [0.2, 0.25) is 0 Å². The molecule has 0 aliphatic carbocycles. The molecular formula is C14H28N2O4S. The van der Waals surface area contributed by atoms with Gasteiger partial charge in [0.15, 0.2) is 0 Å². The van der Waals surface area contributed by atoms with Crippen molar-refractivity contribution in [3.63, 3.8) is 0 Å². The first kappa shape index (κ1) is 18.4. The highest BCUT2D eigenvalue weighted by atomic mass is 32.2. The van der Waals surface area contributed by atoms with E-state index in [1.807, 2.05) is 6.92 Å². The summed E-state index contributed by atoms with van der Waals surface area (Å²) < 4.78 is 28.5. The van der Waals surface area contributed by atoms with Crippen molar-refractivity contribution in [2.24, 2.45) is 11.8 Å². The van der Waals surface area contributed by atoms with Gasteiger partial charge in [0, 0.05) is 26.1 Å². The van der Waals surface area contributed by atoms with Gasteiger partial charge in [-0.15, -0.1) is 0 Å². The van der Waals surface area contributed by atoms with Crippen LogP contribution in [0.5, 0.6) is 0 Å². The molecule has 0 radical (unpaired) electrons. The summed E-state index contributed by atoms with van der Waals surface area (Å²) in [5.41, 5.74) is 0. The van der Waals surface area contributed by atoms with Gasteiger partial charge in [-0.1, -0.05) is 20.3 Å². The van der Waals surface area contributed by atoms with Gasteiger partial charge in [-0.05, 0) is 37.5 Å². The molecule has 21 heavy (non-hydrogen) atoms. The molecule has 6 nitrogen and oxygen atoms in total. The van der Waals surface area contributed by atoms with Gasteiger partial charge in [0.05, 0.1) is 0 Å². The Morgan fingerprint density at radius 1 is 1.33 bits per heavy atom. The summed E-state index contributed by atoms with van der Waals surface area (Å²) in [6.07, 6.45) is 4.14. The minimum atomic E-state index is -3.37. The van der Waals surface area contributed by atoms with Crippen LogP contribution < -0.4 is 4.72 Å². The van der Waals surface area contributed by atoms with E-state index in [1.165, 1.54) is 4.31 Å². The first-order valence-electron chi connectivity index (χ1n) is 7.81. The Bertz CT molecular complexity index is 417. The molecule has 0 saturated carbocycles. The summed E-state index contributed by atoms with van der Waals surface area (Å²) in [6, 6.07) is 0. The highest BCUT2D eigenvalue weighted by Gasteiger charge is 2.25. The smallest absolute Gasteiger partial charge is 0.303 e. The summed E-state index contributed by atoms with van der Waals surface area (Å²) >= 11 is 0. The Labute approximate surface area is 128 Å². The Kier molecular flexibility index (Phi) is 7.62. The number of carbonyl (C=O) groups is 1. The van der Waals surface area contributed by atoms with Gasteiger partial charge >= 0.3 is 5.97 Å². The zero-order valence-electron chi connectivity index (χ0n) is 13.0. The first-order chi connectivity index (χ1) is 9.85. The molecule has 0 aromatic rings. The van der Waals surface area contributed by atoms with Crippen LogP contribution in [0.2, 0.25) is 0 Å². The number of rotatable bonds is 9. The van der Waals surface area contributed by atoms with Crippen molar-refractivity contribution in [1.29, 1.82) is 0 Å². The van der Waals surface area contributed by atoms with Crippen molar-refractivity contribution in [1.82, 2.24) is 9.03 Å². The molecule has 1 heterocycles. The van der Waals surface area contributed by atoms with Crippen molar-refractivity contribution in [3.8, 4) is 0 Å². The van der Waals surface area contributed by atoms with E-state index in [4.69, 9.17) is 5.11 Å². The lowest BCUT2D eigenvalue weighted by Crippen LogP contribution is -2.45. The van der Waals surface area contributed by atoms with Crippen LogP contribution in [0.25, 0.3) is 0 Å². The SMILES string of the molecule is CCC(CCNS(=O)(=O)N1CCC(C)CC1)CCC(=O)O. The van der Waals surface area contributed by atoms with Gasteiger partial charge in [-0.25, -0.2) is 4.72 Å². The monoisotopic (exact) mass is 320 g/mol. The zero-order chi connectivity index (χ0) is 15.9. The van der Waals surface area contributed by atoms with Crippen molar-refractivity contribution >= 4 is 16.2 Å². The second-order valence-electron chi connectivity index (χ2n) is 5.98. The van der Waals surface area contributed by atoms with E-state index in [1.54, 1.807) is 0 Å². The van der Waals surface area contributed by atoms with E-state index in [0.29, 0.717) is 38.4 Å². The molecule has 1 aliphatic heterocycles. The minimum absolute atomic E-state index is 0.148. The number of carboxylic acid groups (broad SMARTS) is 1. The van der Waals surface area contributed by atoms with E-state index in [2.05, 4.69) is 11.6 Å². The molecule has 124 valence electrons. The average molecular weight is 320 g/mol. The number of hydrogen-bond acceptors (Lipinski definition) is 3. The predicted molar refractivity (Wildman–Crippen MR) is 82.2 cm³/mol. The second-order valence-corrected chi connectivity index (χ2v) is 7.73. The molecule has 0 aromatic carbocycles. The lowest BCUT2D eigenvalue weighted by atomic mass is 9.97. The van der Waals surface area contributed by atoms with Gasteiger partial charge < -0.3 is 5.11 Å². The van der Waals surface area contributed by atoms with Crippen molar-refractivity contribution < 1.29 is 18.3 Å². The van der Waals surface area contributed by atoms with Crippen LogP contribution >= 0.6 is 0 Å². The normalized spacial score (nSPS) is 19.5. The molecule has 1 aliphatic rings. The van der Waals surface area contributed by atoms with Crippen LogP contribution in [0.3, 0.4) is 0 Å². The quantitative estimate of drug-likeness (QED) is 0.678. The Balaban J connectivity index is 2.33. The number of carboxylic acids is 1. The maximum absolute atomic E-state index is 12.1. The molecule has 7 heteroatoms. The Morgan fingerprint density at radius 3 is 2.48 bits per heavy atom. The highest BCUT2D eigenvalue weighted by Crippen LogP contribution is 2.18. The summed E-state index contributed by atoms with van der Waals surface area (Å²) in [5.74, 6) is 0.0542. The largest absolute Gasteiger partial charge is 0.481 e. The third-order valence-electron chi connectivity index (χ3n) is 4.26. The Morgan fingerprint density at radius 2 is 1.95 bits per heavy atom. The average Bonchev–Trinajstić information content (AvgIpc) is 2.42. The van der Waals surface area contributed by atoms with E-state index in [0.717, 1.165) is 19.3 Å². The summed E-state index contributed by atoms with van der Waals surface area (Å²) in [5, 5.41) is 8.69. The number of hydrogen-bond donors (Lipinski definition) is 2. The molecular weight excluding hydrogens is 292 g/mol. The maximum Gasteiger partial charge on any atom is 0.303 e. The summed E-state index contributed by atoms with van der Waals surface area (Å²) in [6.45, 7) is 5.71. The fourth-order valence-electron chi connectivity index (χ4n) is 2.59. The van der Waals surface area contributed by atoms with Crippen molar-refractivity contribution in [2.45, 2.75) is 52.4 Å². The van der Waals surface area contributed by atoms with E-state index < -0.39 is 16.2 Å². The predicted octanol–water partition coefficient (Wildman–Crippen LogP) is 1.83. The summed E-state index contributed by atoms with van der Waals surface area (Å²) in [4.78, 5) is 10.6. The van der Waals surface area contributed by atoms with Crippen molar-refractivity contribution in [3.05, 3.63) is 0 Å². The van der Waals surface area contributed by atoms with Gasteiger partial charge in [0.1, 0.15) is 0 Å². The molecule has 0 amide bonds. The van der Waals surface area contributed by atoms with Crippen LogP contribution in [0, 0.1) is 11.8 Å². The molecule has 1 rings (SSSR count). The topological polar surface area (TPSA) is 86.7 Å². The molecule has 0 bridgehead atoms. The lowest BCUT2D eigenvalue weighted by molar-refractivity contribution is -0.137. The molecule has 2 N–H and O–H groups in total. The molecule has 1 saturated heterocycles. The molecule has 1 fully saturated rings. The maximum atomic E-state index is 12.1. The van der Waals surface area contributed by atoms with Gasteiger partial charge in [-0.3, -0.25) is 4.79 Å². The second kappa shape index (κ2) is 8.70. The number of nitrogens with one attached hydrogen (secondary N) is 1. The fraction of sp³-hybridized carbons (Fsp3) is 0.929. The van der Waals surface area contributed by atoms with Crippen molar-refractivity contribution in [2.75, 3.05) is 19.6 Å². The van der Waals surface area contributed by atoms with Crippen LogP contribution in [-0.2, 0) is 15.0 Å². The number of piperidine rings is 1. The first-order valence-corrected chi connectivity index (χ1v) is 9.25. The van der Waals surface area contributed by atoms with Crippen LogP contribution in [0.1, 0.15) is 52.4 Å². The fourth-order valence-corrected chi connectivity index (χ4v) is 3.84. The minimum Gasteiger partial charge on any atom is -0.481 e. The molecule has 1 atom stereocenters. The summed E-state index contributed by atoms with van der Waals surface area (Å²) in [7, 11) is -3.37. The third kappa shape index (κ3) is 6.76. The molecule has 1 unspecified atom stereocenters. The lowest BCUT2D eigenvalue weighted by Gasteiger charge is -2.29. The zero-order valence-corrected chi connectivity index (χ0v) is 13.9. The van der Waals surface area contributed by atoms with Gasteiger partial charge in [-0.2, -0.15) is 12.7 Å². The van der Waals surface area contributed by atoms with Crippen LogP contribution in [0.15, 0.2) is 0 Å². The van der Waals surface area contributed by atoms with Crippen LogP contribution in [-0.4, -0.2) is 43.4 Å². The molecule has 0 spiro atoms. The standard InChI is InChI=1S/C14H28N2O4S/c1-3-13(4-5-14(17)18)6-9-15-21(19,20)16-10-7-12(2)8-11-16/h12-13,15H,3-11H2,1-2H3,(H,17,18). The number of nitrogens with zero attached hydrogens (tertiary/aromatic N) is 1. The van der Waals surface area contributed by atoms with E-state index in [-0.39, 0.29) is 12.3 Å². The van der Waals surface area contributed by atoms with E-state index in [9.17, 15) is 13.2 Å². The van der Waals surface area contributed by atoms with E-state index >= 15 is 0 Å². The highest BCUT2D eigenvalue weighted by molar-refractivity contribution is 7.87.